The van der Waals surface area contributed by atoms with E-state index in [1.54, 1.807) is 18.3 Å². The highest BCUT2D eigenvalue weighted by Gasteiger charge is 2.30. The third-order valence-electron chi connectivity index (χ3n) is 6.07. The third-order valence-corrected chi connectivity index (χ3v) is 6.47. The minimum atomic E-state index is -1.42. The lowest BCUT2D eigenvalue weighted by atomic mass is 10.0. The number of para-hydroxylation sites is 1. The number of fused-ring (bicyclic) bond motifs is 1. The molecule has 13 heteroatoms. The number of hydrogen-bond donors (Lipinski definition) is 9. The lowest BCUT2D eigenvalue weighted by Crippen LogP contribution is -2.58. The van der Waals surface area contributed by atoms with E-state index >= 15 is 0 Å². The molecule has 0 spiro atoms. The van der Waals surface area contributed by atoms with Crippen LogP contribution in [0.25, 0.3) is 10.9 Å². The van der Waals surface area contributed by atoms with E-state index in [-0.39, 0.29) is 24.3 Å². The summed E-state index contributed by atoms with van der Waals surface area (Å²) in [5, 5.41) is 37.2. The predicted molar refractivity (Wildman–Crippen MR) is 146 cm³/mol. The number of aliphatic hydroxyl groups is 1. The van der Waals surface area contributed by atoms with E-state index in [4.69, 9.17) is 5.73 Å². The molecule has 3 rings (SSSR count). The number of nitrogens with two attached hydrogens (primary N) is 1. The first-order chi connectivity index (χ1) is 18.6. The maximum Gasteiger partial charge on any atom is 0.326 e. The highest BCUT2D eigenvalue weighted by atomic mass is 32.1. The van der Waals surface area contributed by atoms with Gasteiger partial charge in [0, 0.05) is 35.7 Å². The van der Waals surface area contributed by atoms with Crippen molar-refractivity contribution in [2.75, 3.05) is 12.4 Å². The number of carbonyl (C=O) groups is 4. The highest BCUT2D eigenvalue weighted by Crippen LogP contribution is 2.19. The van der Waals surface area contributed by atoms with Crippen LogP contribution in [0.15, 0.2) is 54.7 Å². The highest BCUT2D eigenvalue weighted by molar-refractivity contribution is 7.80. The zero-order valence-corrected chi connectivity index (χ0v) is 21.7. The quantitative estimate of drug-likeness (QED) is 0.124. The number of carbonyl (C=O) groups excluding carboxylic acids is 3. The van der Waals surface area contributed by atoms with Gasteiger partial charge in [-0.1, -0.05) is 30.3 Å². The summed E-state index contributed by atoms with van der Waals surface area (Å²) >= 11 is 3.93. The SMILES string of the molecule is NC(CS)C(=O)NC(CO)C(=O)NC(Cc1ccc(O)cc1)C(=O)NC(Cc1c[nH]c2ccccc12)C(=O)O. The number of thiol groups is 1. The number of amides is 3. The molecule has 9 N–H and O–H groups in total. The number of aromatic hydroxyl groups is 1. The molecule has 12 nitrogen and oxygen atoms in total. The Kier molecular flexibility index (Phi) is 10.3. The standard InChI is InChI=1S/C26H31N5O7S/c27-18(13-39)23(34)31-22(12-32)25(36)29-20(9-14-5-7-16(33)8-6-14)24(35)30-21(26(37)38)10-15-11-28-19-4-2-1-3-17(15)19/h1-8,11,18,20-22,28,32-33,39H,9-10,12-13,27H2,(H,29,36)(H,30,35)(H,31,34)(H,37,38). The molecule has 0 aliphatic rings. The van der Waals surface area contributed by atoms with Gasteiger partial charge in [0.1, 0.15) is 23.9 Å². The summed E-state index contributed by atoms with van der Waals surface area (Å²) in [5.74, 6) is -3.66. The Labute approximate surface area is 229 Å². The minimum absolute atomic E-state index is 0.00274. The van der Waals surface area contributed by atoms with Crippen molar-refractivity contribution >= 4 is 47.2 Å². The molecule has 0 aliphatic heterocycles. The number of hydrogen-bond acceptors (Lipinski definition) is 8. The Morgan fingerprint density at radius 3 is 2.13 bits per heavy atom. The minimum Gasteiger partial charge on any atom is -0.508 e. The van der Waals surface area contributed by atoms with E-state index in [0.29, 0.717) is 11.1 Å². The summed E-state index contributed by atoms with van der Waals surface area (Å²) in [6.07, 6.45) is 1.58. The van der Waals surface area contributed by atoms with Crippen molar-refractivity contribution in [2.45, 2.75) is 37.0 Å². The number of rotatable bonds is 13. The van der Waals surface area contributed by atoms with E-state index in [2.05, 4.69) is 33.6 Å². The van der Waals surface area contributed by atoms with Gasteiger partial charge >= 0.3 is 5.97 Å². The Hall–Kier alpha value is -4.07. The van der Waals surface area contributed by atoms with Gasteiger partial charge in [-0.25, -0.2) is 4.79 Å². The molecule has 1 heterocycles. The fourth-order valence-corrected chi connectivity index (χ4v) is 4.06. The number of aromatic nitrogens is 1. The van der Waals surface area contributed by atoms with Crippen LogP contribution in [0.5, 0.6) is 5.75 Å². The van der Waals surface area contributed by atoms with Crippen LogP contribution in [-0.4, -0.2) is 80.5 Å². The molecule has 3 amide bonds. The van der Waals surface area contributed by atoms with E-state index in [1.807, 2.05) is 24.3 Å². The lowest BCUT2D eigenvalue weighted by Gasteiger charge is -2.24. The van der Waals surface area contributed by atoms with Crippen LogP contribution in [0.2, 0.25) is 0 Å². The van der Waals surface area contributed by atoms with E-state index in [1.165, 1.54) is 12.1 Å². The average Bonchev–Trinajstić information content (AvgIpc) is 3.33. The molecule has 4 atom stereocenters. The van der Waals surface area contributed by atoms with Gasteiger partial charge in [0.25, 0.3) is 0 Å². The first-order valence-corrected chi connectivity index (χ1v) is 12.7. The van der Waals surface area contributed by atoms with Crippen LogP contribution in [-0.2, 0) is 32.0 Å². The van der Waals surface area contributed by atoms with Crippen LogP contribution in [0, 0.1) is 0 Å². The zero-order valence-electron chi connectivity index (χ0n) is 20.8. The van der Waals surface area contributed by atoms with Crippen molar-refractivity contribution in [1.29, 1.82) is 0 Å². The van der Waals surface area contributed by atoms with E-state index < -0.39 is 54.5 Å². The lowest BCUT2D eigenvalue weighted by molar-refractivity contribution is -0.142. The van der Waals surface area contributed by atoms with E-state index in [9.17, 15) is 34.5 Å². The second kappa shape index (κ2) is 13.6. The van der Waals surface area contributed by atoms with E-state index in [0.717, 1.165) is 10.9 Å². The van der Waals surface area contributed by atoms with Crippen LogP contribution < -0.4 is 21.7 Å². The molecular formula is C26H31N5O7S. The average molecular weight is 558 g/mol. The van der Waals surface area contributed by atoms with Gasteiger partial charge in [-0.15, -0.1) is 0 Å². The fourth-order valence-electron chi connectivity index (χ4n) is 3.90. The number of carboxylic acids is 1. The number of phenolic OH excluding ortho intramolecular Hbond substituents is 1. The van der Waals surface area contributed by atoms with Crippen molar-refractivity contribution < 1.29 is 34.5 Å². The Balaban J connectivity index is 1.80. The maximum absolute atomic E-state index is 13.3. The van der Waals surface area contributed by atoms with Crippen molar-refractivity contribution in [3.05, 3.63) is 65.9 Å². The summed E-state index contributed by atoms with van der Waals surface area (Å²) in [7, 11) is 0. The largest absolute Gasteiger partial charge is 0.508 e. The number of aliphatic carboxylic acids is 1. The number of carboxylic acid groups (broad SMARTS) is 1. The predicted octanol–water partition coefficient (Wildman–Crippen LogP) is -0.553. The summed E-state index contributed by atoms with van der Waals surface area (Å²) in [6, 6.07) is 8.17. The summed E-state index contributed by atoms with van der Waals surface area (Å²) in [4.78, 5) is 53.5. The molecule has 1 aromatic heterocycles. The summed E-state index contributed by atoms with van der Waals surface area (Å²) < 4.78 is 0. The topological polar surface area (TPSA) is 207 Å². The monoisotopic (exact) mass is 557 g/mol. The number of phenols is 1. The van der Waals surface area contributed by atoms with Gasteiger partial charge in [0.15, 0.2) is 0 Å². The molecule has 208 valence electrons. The molecule has 39 heavy (non-hydrogen) atoms. The number of aromatic amines is 1. The molecule has 0 radical (unpaired) electrons. The third kappa shape index (κ3) is 7.96. The second-order valence-corrected chi connectivity index (χ2v) is 9.29. The van der Waals surface area contributed by atoms with Gasteiger partial charge < -0.3 is 42.0 Å². The van der Waals surface area contributed by atoms with Crippen molar-refractivity contribution in [2.24, 2.45) is 5.73 Å². The fraction of sp³-hybridized carbons (Fsp3) is 0.308. The van der Waals surface area contributed by atoms with Gasteiger partial charge in [0.05, 0.1) is 12.6 Å². The molecule has 0 saturated carbocycles. The van der Waals surface area contributed by atoms with Gasteiger partial charge in [-0.2, -0.15) is 12.6 Å². The van der Waals surface area contributed by atoms with Crippen LogP contribution in [0.1, 0.15) is 11.1 Å². The summed E-state index contributed by atoms with van der Waals surface area (Å²) in [6.45, 7) is -0.775. The normalized spacial score (nSPS) is 14.1. The Morgan fingerprint density at radius 2 is 1.49 bits per heavy atom. The van der Waals surface area contributed by atoms with Crippen LogP contribution in [0.3, 0.4) is 0 Å². The zero-order chi connectivity index (χ0) is 28.5. The molecule has 3 aromatic rings. The number of nitrogens with one attached hydrogen (secondary N) is 4. The van der Waals surface area contributed by atoms with Crippen molar-refractivity contribution in [1.82, 2.24) is 20.9 Å². The molecule has 0 fully saturated rings. The Bertz CT molecular complexity index is 1310. The van der Waals surface area contributed by atoms with Crippen LogP contribution >= 0.6 is 12.6 Å². The second-order valence-electron chi connectivity index (χ2n) is 8.93. The molecular weight excluding hydrogens is 526 g/mol. The molecule has 0 aliphatic carbocycles. The van der Waals surface area contributed by atoms with Gasteiger partial charge in [-0.3, -0.25) is 14.4 Å². The number of H-pyrrole nitrogens is 1. The first-order valence-electron chi connectivity index (χ1n) is 12.1. The summed E-state index contributed by atoms with van der Waals surface area (Å²) in [5.41, 5.74) is 7.66. The van der Waals surface area contributed by atoms with Crippen molar-refractivity contribution in [3.8, 4) is 5.75 Å². The maximum atomic E-state index is 13.3. The first kappa shape index (κ1) is 29.5. The van der Waals surface area contributed by atoms with Crippen molar-refractivity contribution in [3.63, 3.8) is 0 Å². The number of benzene rings is 2. The Morgan fingerprint density at radius 1 is 0.872 bits per heavy atom. The molecule has 4 unspecified atom stereocenters. The van der Waals surface area contributed by atoms with Gasteiger partial charge in [-0.05, 0) is 29.3 Å². The van der Waals surface area contributed by atoms with Crippen LogP contribution in [0.4, 0.5) is 0 Å². The molecule has 0 bridgehead atoms. The molecule has 2 aromatic carbocycles. The van der Waals surface area contributed by atoms with Gasteiger partial charge in [0.2, 0.25) is 17.7 Å². The molecule has 0 saturated heterocycles. The number of aliphatic hydroxyl groups excluding tert-OH is 1. The smallest absolute Gasteiger partial charge is 0.326 e.